The standard InChI is InChI=1S/C12H19NO2S/c1-4-15-10-5-6-11(13)12(7-10)16-9(2)8-14-3/h5-7,9H,4,8,13H2,1-3H3. The van der Waals surface area contributed by atoms with Crippen LogP contribution < -0.4 is 10.5 Å². The van der Waals surface area contributed by atoms with E-state index >= 15 is 0 Å². The first-order valence-corrected chi connectivity index (χ1v) is 6.23. The van der Waals surface area contributed by atoms with Crippen LogP contribution >= 0.6 is 11.8 Å². The van der Waals surface area contributed by atoms with Crippen LogP contribution in [0.3, 0.4) is 0 Å². The maximum absolute atomic E-state index is 5.91. The van der Waals surface area contributed by atoms with Crippen LogP contribution in [0.25, 0.3) is 0 Å². The number of thioether (sulfide) groups is 1. The lowest BCUT2D eigenvalue weighted by Crippen LogP contribution is -2.05. The molecule has 1 unspecified atom stereocenters. The molecule has 0 aliphatic carbocycles. The molecule has 0 fully saturated rings. The Hall–Kier alpha value is -0.870. The van der Waals surface area contributed by atoms with E-state index in [-0.39, 0.29) is 0 Å². The lowest BCUT2D eigenvalue weighted by molar-refractivity contribution is 0.203. The van der Waals surface area contributed by atoms with Gasteiger partial charge in [0.1, 0.15) is 5.75 Å². The molecule has 0 aliphatic heterocycles. The summed E-state index contributed by atoms with van der Waals surface area (Å²) in [6.07, 6.45) is 0. The summed E-state index contributed by atoms with van der Waals surface area (Å²) in [7, 11) is 1.71. The molecule has 16 heavy (non-hydrogen) atoms. The summed E-state index contributed by atoms with van der Waals surface area (Å²) >= 11 is 1.70. The number of hydrogen-bond acceptors (Lipinski definition) is 4. The molecular weight excluding hydrogens is 222 g/mol. The average Bonchev–Trinajstić information content (AvgIpc) is 2.24. The Kier molecular flexibility index (Phi) is 5.49. The lowest BCUT2D eigenvalue weighted by atomic mass is 10.3. The first kappa shape index (κ1) is 13.2. The number of anilines is 1. The lowest BCUT2D eigenvalue weighted by Gasteiger charge is -2.13. The molecule has 0 radical (unpaired) electrons. The zero-order valence-corrected chi connectivity index (χ0v) is 10.8. The number of methoxy groups -OCH3 is 1. The molecule has 0 aromatic heterocycles. The molecule has 0 aliphatic rings. The fourth-order valence-corrected chi connectivity index (χ4v) is 2.38. The zero-order valence-electron chi connectivity index (χ0n) is 10.0. The third-order valence-corrected chi connectivity index (χ3v) is 3.17. The van der Waals surface area contributed by atoms with Gasteiger partial charge in [0.15, 0.2) is 0 Å². The van der Waals surface area contributed by atoms with E-state index in [1.54, 1.807) is 18.9 Å². The molecular formula is C12H19NO2S. The highest BCUT2D eigenvalue weighted by Gasteiger charge is 2.08. The predicted octanol–water partition coefficient (Wildman–Crippen LogP) is 2.79. The van der Waals surface area contributed by atoms with Gasteiger partial charge in [0.2, 0.25) is 0 Å². The van der Waals surface area contributed by atoms with Gasteiger partial charge < -0.3 is 15.2 Å². The number of ether oxygens (including phenoxy) is 2. The second-order valence-corrected chi connectivity index (χ2v) is 5.00. The van der Waals surface area contributed by atoms with Crippen LogP contribution in [-0.2, 0) is 4.74 Å². The van der Waals surface area contributed by atoms with E-state index < -0.39 is 0 Å². The number of hydrogen-bond donors (Lipinski definition) is 1. The summed E-state index contributed by atoms with van der Waals surface area (Å²) in [5.41, 5.74) is 6.70. The van der Waals surface area contributed by atoms with E-state index in [0.717, 1.165) is 16.3 Å². The zero-order chi connectivity index (χ0) is 12.0. The van der Waals surface area contributed by atoms with Gasteiger partial charge in [-0.25, -0.2) is 0 Å². The molecule has 1 rings (SSSR count). The van der Waals surface area contributed by atoms with Crippen LogP contribution in [0.4, 0.5) is 5.69 Å². The van der Waals surface area contributed by atoms with Gasteiger partial charge in [-0.15, -0.1) is 11.8 Å². The van der Waals surface area contributed by atoms with Crippen molar-refractivity contribution in [3.63, 3.8) is 0 Å². The van der Waals surface area contributed by atoms with E-state index in [4.69, 9.17) is 15.2 Å². The maximum atomic E-state index is 5.91. The molecule has 0 saturated heterocycles. The third kappa shape index (κ3) is 3.94. The van der Waals surface area contributed by atoms with Crippen LogP contribution in [0.15, 0.2) is 23.1 Å². The van der Waals surface area contributed by atoms with Gasteiger partial charge in [-0.2, -0.15) is 0 Å². The molecule has 1 atom stereocenters. The Morgan fingerprint density at radius 2 is 2.19 bits per heavy atom. The molecule has 0 amide bonds. The van der Waals surface area contributed by atoms with Crippen LogP contribution in [0.5, 0.6) is 5.75 Å². The first-order chi connectivity index (χ1) is 7.67. The average molecular weight is 241 g/mol. The third-order valence-electron chi connectivity index (χ3n) is 2.03. The normalized spacial score (nSPS) is 12.4. The van der Waals surface area contributed by atoms with Crippen molar-refractivity contribution in [3.8, 4) is 5.75 Å². The van der Waals surface area contributed by atoms with Crippen LogP contribution in [-0.4, -0.2) is 25.6 Å². The number of benzene rings is 1. The smallest absolute Gasteiger partial charge is 0.120 e. The Bertz CT molecular complexity index is 331. The maximum Gasteiger partial charge on any atom is 0.120 e. The molecule has 1 aromatic carbocycles. The van der Waals surface area contributed by atoms with Crippen molar-refractivity contribution in [1.82, 2.24) is 0 Å². The highest BCUT2D eigenvalue weighted by atomic mass is 32.2. The van der Waals surface area contributed by atoms with E-state index in [1.165, 1.54) is 0 Å². The van der Waals surface area contributed by atoms with Crippen LogP contribution in [0, 0.1) is 0 Å². The molecule has 0 saturated carbocycles. The number of rotatable bonds is 6. The largest absolute Gasteiger partial charge is 0.494 e. The molecule has 2 N–H and O–H groups in total. The fourth-order valence-electron chi connectivity index (χ4n) is 1.36. The van der Waals surface area contributed by atoms with Gasteiger partial charge in [-0.05, 0) is 25.1 Å². The van der Waals surface area contributed by atoms with Crippen LogP contribution in [0.2, 0.25) is 0 Å². The van der Waals surface area contributed by atoms with Crippen molar-refractivity contribution < 1.29 is 9.47 Å². The molecule has 0 bridgehead atoms. The number of nitrogen functional groups attached to an aromatic ring is 1. The Balaban J connectivity index is 2.73. The van der Waals surface area contributed by atoms with E-state index in [0.29, 0.717) is 18.5 Å². The van der Waals surface area contributed by atoms with Crippen molar-refractivity contribution in [2.45, 2.75) is 24.0 Å². The molecule has 3 nitrogen and oxygen atoms in total. The molecule has 0 spiro atoms. The van der Waals surface area contributed by atoms with Crippen molar-refractivity contribution in [3.05, 3.63) is 18.2 Å². The number of nitrogens with two attached hydrogens (primary N) is 1. The summed E-state index contributed by atoms with van der Waals surface area (Å²) in [6, 6.07) is 5.76. The first-order valence-electron chi connectivity index (χ1n) is 5.35. The van der Waals surface area contributed by atoms with Crippen molar-refractivity contribution >= 4 is 17.4 Å². The van der Waals surface area contributed by atoms with Gasteiger partial charge >= 0.3 is 0 Å². The highest BCUT2D eigenvalue weighted by molar-refractivity contribution is 8.00. The summed E-state index contributed by atoms with van der Waals surface area (Å²) in [4.78, 5) is 1.05. The minimum Gasteiger partial charge on any atom is -0.494 e. The van der Waals surface area contributed by atoms with Gasteiger partial charge in [0.25, 0.3) is 0 Å². The predicted molar refractivity (Wildman–Crippen MR) is 69.2 cm³/mol. The second kappa shape index (κ2) is 6.66. The van der Waals surface area contributed by atoms with Crippen molar-refractivity contribution in [2.75, 3.05) is 26.1 Å². The molecule has 90 valence electrons. The van der Waals surface area contributed by atoms with E-state index in [2.05, 4.69) is 6.92 Å². The summed E-state index contributed by atoms with van der Waals surface area (Å²) in [6.45, 7) is 5.46. The SMILES string of the molecule is CCOc1ccc(N)c(SC(C)COC)c1. The minimum atomic E-state index is 0.379. The fraction of sp³-hybridized carbons (Fsp3) is 0.500. The minimum absolute atomic E-state index is 0.379. The van der Waals surface area contributed by atoms with Crippen molar-refractivity contribution in [2.24, 2.45) is 0 Å². The van der Waals surface area contributed by atoms with Gasteiger partial charge in [-0.3, -0.25) is 0 Å². The molecule has 0 heterocycles. The Morgan fingerprint density at radius 1 is 1.44 bits per heavy atom. The van der Waals surface area contributed by atoms with Gasteiger partial charge in [-0.1, -0.05) is 6.92 Å². The molecule has 1 aromatic rings. The van der Waals surface area contributed by atoms with Crippen molar-refractivity contribution in [1.29, 1.82) is 0 Å². The second-order valence-electron chi connectivity index (χ2n) is 3.52. The van der Waals surface area contributed by atoms with E-state index in [9.17, 15) is 0 Å². The highest BCUT2D eigenvalue weighted by Crippen LogP contribution is 2.32. The summed E-state index contributed by atoms with van der Waals surface area (Å²) in [5.74, 6) is 0.865. The quantitative estimate of drug-likeness (QED) is 0.614. The van der Waals surface area contributed by atoms with E-state index in [1.807, 2.05) is 25.1 Å². The van der Waals surface area contributed by atoms with Crippen LogP contribution in [0.1, 0.15) is 13.8 Å². The Labute approximate surface area is 101 Å². The van der Waals surface area contributed by atoms with Gasteiger partial charge in [0, 0.05) is 22.9 Å². The molecule has 4 heteroatoms. The Morgan fingerprint density at radius 3 is 2.81 bits per heavy atom. The monoisotopic (exact) mass is 241 g/mol. The topological polar surface area (TPSA) is 44.5 Å². The summed E-state index contributed by atoms with van der Waals surface area (Å²) < 4.78 is 10.5. The summed E-state index contributed by atoms with van der Waals surface area (Å²) in [5, 5.41) is 0.379. The van der Waals surface area contributed by atoms with Gasteiger partial charge in [0.05, 0.1) is 13.2 Å².